The largest absolute Gasteiger partial charge is 0.391 e. The predicted molar refractivity (Wildman–Crippen MR) is 105 cm³/mol. The lowest BCUT2D eigenvalue weighted by molar-refractivity contribution is -0.205. The number of aromatic nitrogens is 2. The maximum atomic E-state index is 12.8. The Kier molecular flexibility index (Phi) is 6.36. The number of nitrogens with zero attached hydrogens (tertiary/aromatic N) is 5. The molecule has 2 aliphatic heterocycles. The molecule has 6 nitrogen and oxygen atoms in total. The van der Waals surface area contributed by atoms with Gasteiger partial charge in [0, 0.05) is 65.0 Å². The Morgan fingerprint density at radius 3 is 2.24 bits per heavy atom. The van der Waals surface area contributed by atoms with Crippen LogP contribution in [0.4, 0.5) is 19.0 Å². The number of alkyl halides is 3. The summed E-state index contributed by atoms with van der Waals surface area (Å²) in [5.41, 5.74) is 0.932. The maximum Gasteiger partial charge on any atom is 0.391 e. The van der Waals surface area contributed by atoms with Crippen LogP contribution in [0.15, 0.2) is 6.07 Å². The third-order valence-electron chi connectivity index (χ3n) is 6.54. The first-order valence-electron chi connectivity index (χ1n) is 10.8. The Labute approximate surface area is 170 Å². The van der Waals surface area contributed by atoms with Gasteiger partial charge in [0.15, 0.2) is 0 Å². The van der Waals surface area contributed by atoms with Crippen LogP contribution in [-0.2, 0) is 11.3 Å². The molecule has 29 heavy (non-hydrogen) atoms. The van der Waals surface area contributed by atoms with Crippen LogP contribution in [0.3, 0.4) is 0 Å². The van der Waals surface area contributed by atoms with E-state index >= 15 is 0 Å². The smallest absolute Gasteiger partial charge is 0.379 e. The lowest BCUT2D eigenvalue weighted by Gasteiger charge is -2.39. The van der Waals surface area contributed by atoms with Crippen molar-refractivity contribution in [2.75, 3.05) is 70.5 Å². The molecule has 0 N–H and O–H groups in total. The van der Waals surface area contributed by atoms with Crippen molar-refractivity contribution in [1.29, 1.82) is 0 Å². The third-order valence-corrected chi connectivity index (χ3v) is 6.54. The van der Waals surface area contributed by atoms with Crippen molar-refractivity contribution < 1.29 is 17.9 Å². The van der Waals surface area contributed by atoms with Crippen LogP contribution in [0.5, 0.6) is 0 Å². The highest BCUT2D eigenvalue weighted by Crippen LogP contribution is 2.45. The minimum absolute atomic E-state index is 0.0782. The maximum absolute atomic E-state index is 12.8. The van der Waals surface area contributed by atoms with Crippen LogP contribution in [0, 0.1) is 18.8 Å². The predicted octanol–water partition coefficient (Wildman–Crippen LogP) is 2.23. The molecule has 1 aromatic heterocycles. The fourth-order valence-electron chi connectivity index (χ4n) is 4.63. The number of aryl methyl sites for hydroxylation is 1. The van der Waals surface area contributed by atoms with E-state index in [2.05, 4.69) is 25.9 Å². The lowest BCUT2D eigenvalue weighted by Crippen LogP contribution is -2.50. The molecule has 1 saturated carbocycles. The van der Waals surface area contributed by atoms with E-state index < -0.39 is 12.1 Å². The molecule has 3 heterocycles. The highest BCUT2D eigenvalue weighted by atomic mass is 19.4. The number of hydrogen-bond acceptors (Lipinski definition) is 5. The number of ether oxygens (including phenoxy) is 1. The van der Waals surface area contributed by atoms with Gasteiger partial charge in [0.1, 0.15) is 5.82 Å². The number of morpholine rings is 1. The van der Waals surface area contributed by atoms with E-state index in [1.54, 1.807) is 0 Å². The van der Waals surface area contributed by atoms with E-state index in [0.29, 0.717) is 6.54 Å². The van der Waals surface area contributed by atoms with E-state index in [9.17, 15) is 13.2 Å². The van der Waals surface area contributed by atoms with E-state index in [1.807, 2.05) is 11.6 Å². The summed E-state index contributed by atoms with van der Waals surface area (Å²) in [7, 11) is 0. The number of piperazine rings is 1. The SMILES string of the molecule is Cc1cc(N2CCN(CCN3CCOCC3)CC2)n(CC2CC(C(F)(F)F)C2)n1. The van der Waals surface area contributed by atoms with Crippen molar-refractivity contribution in [2.45, 2.75) is 32.5 Å². The van der Waals surface area contributed by atoms with Gasteiger partial charge >= 0.3 is 6.18 Å². The second kappa shape index (κ2) is 8.81. The molecule has 3 aliphatic rings. The standard InChI is InChI=1S/C20H32F3N5O/c1-16-12-19(28(24-16)15-17-13-18(14-17)20(21,22)23)27-6-4-25(5-7-27)2-3-26-8-10-29-11-9-26/h12,17-18H,2-11,13-15H2,1H3. The molecule has 0 atom stereocenters. The summed E-state index contributed by atoms with van der Waals surface area (Å²) >= 11 is 0. The van der Waals surface area contributed by atoms with Crippen molar-refractivity contribution in [2.24, 2.45) is 11.8 Å². The average molecular weight is 416 g/mol. The third kappa shape index (κ3) is 5.24. The first-order valence-corrected chi connectivity index (χ1v) is 10.8. The van der Waals surface area contributed by atoms with Crippen LogP contribution in [0.25, 0.3) is 0 Å². The molecule has 0 aromatic carbocycles. The van der Waals surface area contributed by atoms with Gasteiger partial charge in [-0.2, -0.15) is 18.3 Å². The van der Waals surface area contributed by atoms with Crippen LogP contribution >= 0.6 is 0 Å². The number of hydrogen-bond donors (Lipinski definition) is 0. The van der Waals surface area contributed by atoms with Gasteiger partial charge in [0.25, 0.3) is 0 Å². The zero-order valence-electron chi connectivity index (χ0n) is 17.2. The fourth-order valence-corrected chi connectivity index (χ4v) is 4.63. The average Bonchev–Trinajstić information content (AvgIpc) is 3.03. The molecule has 3 fully saturated rings. The highest BCUT2D eigenvalue weighted by Gasteiger charge is 2.47. The van der Waals surface area contributed by atoms with Gasteiger partial charge in [-0.3, -0.25) is 9.80 Å². The van der Waals surface area contributed by atoms with Gasteiger partial charge < -0.3 is 9.64 Å². The number of rotatable bonds is 6. The van der Waals surface area contributed by atoms with E-state index in [-0.39, 0.29) is 18.8 Å². The zero-order chi connectivity index (χ0) is 20.4. The summed E-state index contributed by atoms with van der Waals surface area (Å²) in [6.45, 7) is 12.3. The quantitative estimate of drug-likeness (QED) is 0.712. The Morgan fingerprint density at radius 1 is 1.00 bits per heavy atom. The minimum Gasteiger partial charge on any atom is -0.379 e. The Hall–Kier alpha value is -1.32. The molecule has 1 aromatic rings. The summed E-state index contributed by atoms with van der Waals surface area (Å²) in [6, 6.07) is 2.07. The van der Waals surface area contributed by atoms with Crippen molar-refractivity contribution in [1.82, 2.24) is 19.6 Å². The summed E-state index contributed by atoms with van der Waals surface area (Å²) in [5, 5.41) is 4.57. The van der Waals surface area contributed by atoms with Crippen LogP contribution in [0.1, 0.15) is 18.5 Å². The second-order valence-corrected chi connectivity index (χ2v) is 8.68. The molecule has 164 valence electrons. The van der Waals surface area contributed by atoms with Gasteiger partial charge in [-0.05, 0) is 25.7 Å². The first kappa shape index (κ1) is 20.9. The summed E-state index contributed by atoms with van der Waals surface area (Å²) in [4.78, 5) is 7.30. The van der Waals surface area contributed by atoms with Crippen molar-refractivity contribution >= 4 is 5.82 Å². The Balaban J connectivity index is 1.25. The van der Waals surface area contributed by atoms with Gasteiger partial charge in [0.2, 0.25) is 0 Å². The topological polar surface area (TPSA) is 36.8 Å². The van der Waals surface area contributed by atoms with Gasteiger partial charge in [-0.25, -0.2) is 4.68 Å². The van der Waals surface area contributed by atoms with Crippen molar-refractivity contribution in [3.8, 4) is 0 Å². The monoisotopic (exact) mass is 415 g/mol. The molecular weight excluding hydrogens is 383 g/mol. The molecule has 4 rings (SSSR count). The van der Waals surface area contributed by atoms with Crippen LogP contribution in [-0.4, -0.2) is 91.3 Å². The van der Waals surface area contributed by atoms with Gasteiger partial charge in [0.05, 0.1) is 24.8 Å². The molecule has 2 saturated heterocycles. The molecule has 0 radical (unpaired) electrons. The van der Waals surface area contributed by atoms with Crippen molar-refractivity contribution in [3.63, 3.8) is 0 Å². The summed E-state index contributed by atoms with van der Waals surface area (Å²) in [5.74, 6) is 0.0166. The van der Waals surface area contributed by atoms with Gasteiger partial charge in [-0.15, -0.1) is 0 Å². The first-order chi connectivity index (χ1) is 13.9. The number of anilines is 1. The highest BCUT2D eigenvalue weighted by molar-refractivity contribution is 5.41. The van der Waals surface area contributed by atoms with Crippen LogP contribution in [0.2, 0.25) is 0 Å². The van der Waals surface area contributed by atoms with Gasteiger partial charge in [-0.1, -0.05) is 0 Å². The summed E-state index contributed by atoms with van der Waals surface area (Å²) < 4.78 is 45.6. The molecule has 0 bridgehead atoms. The fraction of sp³-hybridized carbons (Fsp3) is 0.850. The molecule has 0 spiro atoms. The van der Waals surface area contributed by atoms with Crippen LogP contribution < -0.4 is 4.90 Å². The van der Waals surface area contributed by atoms with E-state index in [0.717, 1.165) is 77.1 Å². The number of halogens is 3. The summed E-state index contributed by atoms with van der Waals surface area (Å²) in [6.07, 6.45) is -3.58. The normalized spacial score (nSPS) is 27.2. The molecule has 9 heteroatoms. The second-order valence-electron chi connectivity index (χ2n) is 8.68. The van der Waals surface area contributed by atoms with E-state index in [1.165, 1.54) is 0 Å². The molecule has 1 aliphatic carbocycles. The Morgan fingerprint density at radius 2 is 1.62 bits per heavy atom. The van der Waals surface area contributed by atoms with E-state index in [4.69, 9.17) is 4.74 Å². The zero-order valence-corrected chi connectivity index (χ0v) is 17.2. The molecule has 0 amide bonds. The molecule has 0 unspecified atom stereocenters. The minimum atomic E-state index is -4.04. The van der Waals surface area contributed by atoms with Crippen molar-refractivity contribution in [3.05, 3.63) is 11.8 Å². The molecular formula is C20H32F3N5O. The Bertz CT molecular complexity index is 660. The lowest BCUT2D eigenvalue weighted by atomic mass is 9.74.